The lowest BCUT2D eigenvalue weighted by Crippen LogP contribution is -2.24. The van der Waals surface area contributed by atoms with E-state index in [-0.39, 0.29) is 11.4 Å². The van der Waals surface area contributed by atoms with Gasteiger partial charge in [-0.05, 0) is 47.9 Å². The Morgan fingerprint density at radius 3 is 2.56 bits per heavy atom. The number of benzene rings is 2. The molecule has 25 heavy (non-hydrogen) atoms. The maximum absolute atomic E-state index is 12.6. The number of nitrogens with zero attached hydrogens (tertiary/aromatic N) is 2. The van der Waals surface area contributed by atoms with Gasteiger partial charge in [0.1, 0.15) is 0 Å². The van der Waals surface area contributed by atoms with Crippen molar-refractivity contribution < 1.29 is 8.42 Å². The zero-order valence-electron chi connectivity index (χ0n) is 13.7. The van der Waals surface area contributed by atoms with Crippen LogP contribution in [0.1, 0.15) is 16.7 Å². The summed E-state index contributed by atoms with van der Waals surface area (Å²) in [6, 6.07) is 14.6. The first-order valence-corrected chi connectivity index (χ1v) is 10.0. The first kappa shape index (κ1) is 17.8. The van der Waals surface area contributed by atoms with Crippen LogP contribution in [0.4, 0.5) is 0 Å². The van der Waals surface area contributed by atoms with Crippen molar-refractivity contribution in [2.75, 3.05) is 0 Å². The number of aryl methyl sites for hydroxylation is 1. The average molecular weight is 420 g/mol. The normalized spacial score (nSPS) is 11.6. The lowest BCUT2D eigenvalue weighted by atomic mass is 10.1. The molecule has 1 heterocycles. The van der Waals surface area contributed by atoms with E-state index in [1.54, 1.807) is 24.4 Å². The molecule has 5 nitrogen and oxygen atoms in total. The summed E-state index contributed by atoms with van der Waals surface area (Å²) >= 11 is 3.39. The summed E-state index contributed by atoms with van der Waals surface area (Å²) in [4.78, 5) is 0.262. The van der Waals surface area contributed by atoms with Gasteiger partial charge < -0.3 is 0 Å². The summed E-state index contributed by atoms with van der Waals surface area (Å²) in [6.45, 7) is 2.69. The molecule has 0 saturated carbocycles. The van der Waals surface area contributed by atoms with Gasteiger partial charge in [0.05, 0.1) is 11.4 Å². The molecule has 3 rings (SSSR count). The van der Waals surface area contributed by atoms with Gasteiger partial charge in [0, 0.05) is 23.4 Å². The highest BCUT2D eigenvalue weighted by atomic mass is 79.9. The number of rotatable bonds is 6. The molecule has 0 aliphatic rings. The van der Waals surface area contributed by atoms with Gasteiger partial charge in [-0.2, -0.15) is 5.10 Å². The second kappa shape index (κ2) is 7.51. The topological polar surface area (TPSA) is 64.0 Å². The molecule has 0 aliphatic heterocycles. The van der Waals surface area contributed by atoms with Crippen molar-refractivity contribution in [1.29, 1.82) is 0 Å². The van der Waals surface area contributed by atoms with Crippen LogP contribution < -0.4 is 4.72 Å². The fourth-order valence-electron chi connectivity index (χ4n) is 2.49. The minimum atomic E-state index is -3.57. The lowest BCUT2D eigenvalue weighted by molar-refractivity contribution is 0.580. The lowest BCUT2D eigenvalue weighted by Gasteiger charge is -2.12. The molecule has 0 aliphatic carbocycles. The number of nitrogens with one attached hydrogen (secondary N) is 1. The smallest absolute Gasteiger partial charge is 0.240 e. The highest BCUT2D eigenvalue weighted by molar-refractivity contribution is 9.10. The van der Waals surface area contributed by atoms with Crippen molar-refractivity contribution in [2.45, 2.75) is 24.9 Å². The summed E-state index contributed by atoms with van der Waals surface area (Å²) in [7, 11) is -3.57. The SMILES string of the molecule is Cc1cc(S(=O)(=O)NCc2ccccc2Cn2cccn2)ccc1Br. The largest absolute Gasteiger partial charge is 0.268 e. The highest BCUT2D eigenvalue weighted by Crippen LogP contribution is 2.20. The zero-order valence-corrected chi connectivity index (χ0v) is 16.1. The molecular weight excluding hydrogens is 402 g/mol. The van der Waals surface area contributed by atoms with Gasteiger partial charge in [-0.25, -0.2) is 13.1 Å². The van der Waals surface area contributed by atoms with Crippen molar-refractivity contribution in [3.8, 4) is 0 Å². The number of aromatic nitrogens is 2. The second-order valence-electron chi connectivity index (χ2n) is 5.71. The van der Waals surface area contributed by atoms with E-state index in [4.69, 9.17) is 0 Å². The van der Waals surface area contributed by atoms with Crippen LogP contribution in [-0.2, 0) is 23.1 Å². The van der Waals surface area contributed by atoms with Crippen LogP contribution in [0.25, 0.3) is 0 Å². The van der Waals surface area contributed by atoms with E-state index in [0.717, 1.165) is 21.2 Å². The van der Waals surface area contributed by atoms with Gasteiger partial charge in [-0.15, -0.1) is 0 Å². The van der Waals surface area contributed by atoms with E-state index in [9.17, 15) is 8.42 Å². The zero-order chi connectivity index (χ0) is 17.9. The third kappa shape index (κ3) is 4.36. The van der Waals surface area contributed by atoms with Crippen LogP contribution in [-0.4, -0.2) is 18.2 Å². The Balaban J connectivity index is 1.78. The predicted octanol–water partition coefficient (Wildman–Crippen LogP) is 3.48. The van der Waals surface area contributed by atoms with Crippen molar-refractivity contribution >= 4 is 26.0 Å². The van der Waals surface area contributed by atoms with E-state index in [1.165, 1.54) is 0 Å². The van der Waals surface area contributed by atoms with Gasteiger partial charge in [0.15, 0.2) is 0 Å². The Bertz CT molecular complexity index is 970. The molecule has 0 unspecified atom stereocenters. The number of hydrogen-bond donors (Lipinski definition) is 1. The summed E-state index contributed by atoms with van der Waals surface area (Å²) < 4.78 is 30.5. The Hall–Kier alpha value is -1.96. The quantitative estimate of drug-likeness (QED) is 0.664. The van der Waals surface area contributed by atoms with E-state index in [1.807, 2.05) is 48.1 Å². The minimum absolute atomic E-state index is 0.231. The first-order chi connectivity index (χ1) is 12.0. The number of halogens is 1. The summed E-state index contributed by atoms with van der Waals surface area (Å²) in [6.07, 6.45) is 3.60. The molecule has 3 aromatic rings. The van der Waals surface area contributed by atoms with E-state index >= 15 is 0 Å². The van der Waals surface area contributed by atoms with Crippen LogP contribution >= 0.6 is 15.9 Å². The van der Waals surface area contributed by atoms with Crippen molar-refractivity contribution in [3.05, 3.63) is 82.1 Å². The highest BCUT2D eigenvalue weighted by Gasteiger charge is 2.15. The van der Waals surface area contributed by atoms with Crippen molar-refractivity contribution in [1.82, 2.24) is 14.5 Å². The van der Waals surface area contributed by atoms with Gasteiger partial charge in [-0.1, -0.05) is 40.2 Å². The molecule has 2 aromatic carbocycles. The van der Waals surface area contributed by atoms with Crippen molar-refractivity contribution in [2.24, 2.45) is 0 Å². The molecule has 7 heteroatoms. The Morgan fingerprint density at radius 2 is 1.88 bits per heavy atom. The summed E-state index contributed by atoms with van der Waals surface area (Å²) in [5, 5.41) is 4.20. The van der Waals surface area contributed by atoms with Gasteiger partial charge in [0.2, 0.25) is 10.0 Å². The molecule has 0 saturated heterocycles. The van der Waals surface area contributed by atoms with Crippen molar-refractivity contribution in [3.63, 3.8) is 0 Å². The Kier molecular flexibility index (Phi) is 5.36. The van der Waals surface area contributed by atoms with Crippen LogP contribution in [0.15, 0.2) is 70.3 Å². The summed E-state index contributed by atoms with van der Waals surface area (Å²) in [5.74, 6) is 0. The van der Waals surface area contributed by atoms with Crippen LogP contribution in [0.2, 0.25) is 0 Å². The number of hydrogen-bond acceptors (Lipinski definition) is 3. The monoisotopic (exact) mass is 419 g/mol. The minimum Gasteiger partial charge on any atom is -0.268 e. The number of sulfonamides is 1. The molecule has 0 radical (unpaired) electrons. The maximum atomic E-state index is 12.6. The van der Waals surface area contributed by atoms with Crippen LogP contribution in [0, 0.1) is 6.92 Å². The standard InChI is InChI=1S/C18H18BrN3O2S/c1-14-11-17(7-8-18(14)19)25(23,24)21-12-15-5-2-3-6-16(15)13-22-10-4-9-20-22/h2-11,21H,12-13H2,1H3. The molecule has 0 spiro atoms. The first-order valence-electron chi connectivity index (χ1n) is 7.76. The average Bonchev–Trinajstić information content (AvgIpc) is 3.09. The van der Waals surface area contributed by atoms with E-state index < -0.39 is 10.0 Å². The predicted molar refractivity (Wildman–Crippen MR) is 101 cm³/mol. The maximum Gasteiger partial charge on any atom is 0.240 e. The second-order valence-corrected chi connectivity index (χ2v) is 8.33. The molecular formula is C18H18BrN3O2S. The van der Waals surface area contributed by atoms with Crippen LogP contribution in [0.5, 0.6) is 0 Å². The molecule has 0 atom stereocenters. The Labute approximate surface area is 155 Å². The fraction of sp³-hybridized carbons (Fsp3) is 0.167. The third-order valence-corrected chi connectivity index (χ3v) is 6.19. The molecule has 1 N–H and O–H groups in total. The fourth-order valence-corrected chi connectivity index (χ4v) is 3.83. The molecule has 1 aromatic heterocycles. The van der Waals surface area contributed by atoms with Gasteiger partial charge in [0.25, 0.3) is 0 Å². The molecule has 0 bridgehead atoms. The molecule has 0 fully saturated rings. The van der Waals surface area contributed by atoms with E-state index in [2.05, 4.69) is 25.8 Å². The van der Waals surface area contributed by atoms with Gasteiger partial charge >= 0.3 is 0 Å². The molecule has 130 valence electrons. The van der Waals surface area contributed by atoms with E-state index in [0.29, 0.717) is 6.54 Å². The Morgan fingerprint density at radius 1 is 1.12 bits per heavy atom. The molecule has 0 amide bonds. The van der Waals surface area contributed by atoms with Crippen LogP contribution in [0.3, 0.4) is 0 Å². The van der Waals surface area contributed by atoms with Gasteiger partial charge in [-0.3, -0.25) is 4.68 Å². The third-order valence-electron chi connectivity index (χ3n) is 3.90. The summed E-state index contributed by atoms with van der Waals surface area (Å²) in [5.41, 5.74) is 2.83.